The van der Waals surface area contributed by atoms with Crippen LogP contribution in [0.25, 0.3) is 0 Å². The third-order valence-corrected chi connectivity index (χ3v) is 5.34. The van der Waals surface area contributed by atoms with E-state index in [1.807, 2.05) is 11.3 Å². The number of rotatable bonds is 6. The van der Waals surface area contributed by atoms with Gasteiger partial charge in [-0.3, -0.25) is 0 Å². The zero-order valence-corrected chi connectivity index (χ0v) is 15.0. The number of thiazole rings is 1. The van der Waals surface area contributed by atoms with Crippen molar-refractivity contribution in [3.63, 3.8) is 0 Å². The summed E-state index contributed by atoms with van der Waals surface area (Å²) in [4.78, 5) is 11.0. The first kappa shape index (κ1) is 16.7. The fourth-order valence-electron chi connectivity index (χ4n) is 2.74. The van der Waals surface area contributed by atoms with Gasteiger partial charge in [0.2, 0.25) is 0 Å². The normalized spacial score (nSPS) is 19.8. The molecular formula is C16H30N4S. The van der Waals surface area contributed by atoms with E-state index in [0.29, 0.717) is 12.0 Å². The molecule has 0 amide bonds. The van der Waals surface area contributed by atoms with E-state index in [9.17, 15) is 0 Å². The molecule has 0 aliphatic carbocycles. The SMILES string of the molecule is Cc1nc(N2CCCC(N(C)C)C2)sc1CNCC(C)C. The van der Waals surface area contributed by atoms with Gasteiger partial charge in [-0.15, -0.1) is 11.3 Å². The lowest BCUT2D eigenvalue weighted by Crippen LogP contribution is -2.45. The average Bonchev–Trinajstić information content (AvgIpc) is 2.80. The smallest absolute Gasteiger partial charge is 0.185 e. The molecule has 1 N–H and O–H groups in total. The maximum Gasteiger partial charge on any atom is 0.185 e. The molecule has 1 aromatic heterocycles. The van der Waals surface area contributed by atoms with Gasteiger partial charge in [0.25, 0.3) is 0 Å². The molecule has 1 aliphatic rings. The monoisotopic (exact) mass is 310 g/mol. The molecule has 0 saturated carbocycles. The third-order valence-electron chi connectivity index (χ3n) is 4.12. The number of hydrogen-bond donors (Lipinski definition) is 1. The molecule has 1 unspecified atom stereocenters. The number of nitrogens with zero attached hydrogens (tertiary/aromatic N) is 3. The summed E-state index contributed by atoms with van der Waals surface area (Å²) in [5.74, 6) is 0.695. The summed E-state index contributed by atoms with van der Waals surface area (Å²) in [6.07, 6.45) is 2.57. The second kappa shape index (κ2) is 7.56. The van der Waals surface area contributed by atoms with Gasteiger partial charge >= 0.3 is 0 Å². The van der Waals surface area contributed by atoms with Gasteiger partial charge in [0.1, 0.15) is 0 Å². The van der Waals surface area contributed by atoms with E-state index in [0.717, 1.165) is 26.2 Å². The first-order valence-corrected chi connectivity index (χ1v) is 8.87. The Morgan fingerprint density at radius 1 is 1.43 bits per heavy atom. The van der Waals surface area contributed by atoms with Gasteiger partial charge in [-0.2, -0.15) is 0 Å². The van der Waals surface area contributed by atoms with Gasteiger partial charge in [-0.25, -0.2) is 4.98 Å². The van der Waals surface area contributed by atoms with Gasteiger partial charge in [-0.05, 0) is 46.3 Å². The highest BCUT2D eigenvalue weighted by Gasteiger charge is 2.24. The lowest BCUT2D eigenvalue weighted by atomic mass is 10.1. The molecule has 4 nitrogen and oxygen atoms in total. The molecule has 1 aliphatic heterocycles. The molecule has 1 atom stereocenters. The Kier molecular flexibility index (Phi) is 6.02. The van der Waals surface area contributed by atoms with E-state index in [1.54, 1.807) is 0 Å². The summed E-state index contributed by atoms with van der Waals surface area (Å²) in [6.45, 7) is 10.9. The Hall–Kier alpha value is -0.650. The second-order valence-corrected chi connectivity index (χ2v) is 7.80. The summed E-state index contributed by atoms with van der Waals surface area (Å²) in [7, 11) is 4.37. The number of likely N-dealkylation sites (N-methyl/N-ethyl adjacent to an activating group) is 1. The zero-order chi connectivity index (χ0) is 15.4. The number of nitrogens with one attached hydrogen (secondary N) is 1. The third kappa shape index (κ3) is 4.66. The molecule has 0 bridgehead atoms. The van der Waals surface area contributed by atoms with Crippen molar-refractivity contribution in [1.82, 2.24) is 15.2 Å². The first-order valence-electron chi connectivity index (χ1n) is 8.05. The van der Waals surface area contributed by atoms with Crippen molar-refractivity contribution in [3.8, 4) is 0 Å². The fraction of sp³-hybridized carbons (Fsp3) is 0.812. The number of anilines is 1. The lowest BCUT2D eigenvalue weighted by Gasteiger charge is -2.35. The van der Waals surface area contributed by atoms with Crippen molar-refractivity contribution in [2.75, 3.05) is 38.6 Å². The minimum atomic E-state index is 0.658. The minimum absolute atomic E-state index is 0.658. The highest BCUT2D eigenvalue weighted by atomic mass is 32.1. The summed E-state index contributed by atoms with van der Waals surface area (Å²) in [5, 5.41) is 4.74. The topological polar surface area (TPSA) is 31.4 Å². The average molecular weight is 311 g/mol. The maximum atomic E-state index is 4.81. The number of aromatic nitrogens is 1. The van der Waals surface area contributed by atoms with Crippen LogP contribution < -0.4 is 10.2 Å². The van der Waals surface area contributed by atoms with Crippen LogP contribution in [0.2, 0.25) is 0 Å². The molecular weight excluding hydrogens is 280 g/mol. The molecule has 5 heteroatoms. The first-order chi connectivity index (χ1) is 9.97. The number of hydrogen-bond acceptors (Lipinski definition) is 5. The Morgan fingerprint density at radius 3 is 2.86 bits per heavy atom. The van der Waals surface area contributed by atoms with Crippen LogP contribution in [0, 0.1) is 12.8 Å². The fourth-order valence-corrected chi connectivity index (χ4v) is 3.80. The quantitative estimate of drug-likeness (QED) is 0.875. The van der Waals surface area contributed by atoms with Crippen LogP contribution in [0.15, 0.2) is 0 Å². The summed E-state index contributed by atoms with van der Waals surface area (Å²) < 4.78 is 0. The maximum absolute atomic E-state index is 4.81. The van der Waals surface area contributed by atoms with Crippen LogP contribution >= 0.6 is 11.3 Å². The van der Waals surface area contributed by atoms with Crippen molar-refractivity contribution in [1.29, 1.82) is 0 Å². The van der Waals surface area contributed by atoms with Gasteiger partial charge < -0.3 is 15.1 Å². The summed E-state index contributed by atoms with van der Waals surface area (Å²) in [5.41, 5.74) is 1.19. The predicted octanol–water partition coefficient (Wildman–Crippen LogP) is 2.73. The van der Waals surface area contributed by atoms with Crippen LogP contribution in [0.1, 0.15) is 37.3 Å². The van der Waals surface area contributed by atoms with E-state index in [-0.39, 0.29) is 0 Å². The Morgan fingerprint density at radius 2 is 2.19 bits per heavy atom. The zero-order valence-electron chi connectivity index (χ0n) is 14.1. The van der Waals surface area contributed by atoms with Crippen LogP contribution in [-0.4, -0.2) is 49.7 Å². The molecule has 2 heterocycles. The molecule has 2 rings (SSSR count). The van der Waals surface area contributed by atoms with Crippen molar-refractivity contribution in [2.24, 2.45) is 5.92 Å². The molecule has 0 aromatic carbocycles. The summed E-state index contributed by atoms with van der Waals surface area (Å²) >= 11 is 1.87. The summed E-state index contributed by atoms with van der Waals surface area (Å²) in [6, 6.07) is 0.658. The largest absolute Gasteiger partial charge is 0.347 e. The highest BCUT2D eigenvalue weighted by molar-refractivity contribution is 7.15. The molecule has 0 spiro atoms. The molecule has 1 aromatic rings. The number of aryl methyl sites for hydroxylation is 1. The van der Waals surface area contributed by atoms with Crippen molar-refractivity contribution in [2.45, 2.75) is 46.2 Å². The Bertz CT molecular complexity index is 441. The van der Waals surface area contributed by atoms with Crippen LogP contribution in [0.3, 0.4) is 0 Å². The van der Waals surface area contributed by atoms with E-state index < -0.39 is 0 Å². The Labute approximate surface area is 133 Å². The van der Waals surface area contributed by atoms with E-state index in [2.05, 4.69) is 50.0 Å². The molecule has 1 fully saturated rings. The van der Waals surface area contributed by atoms with Crippen LogP contribution in [0.5, 0.6) is 0 Å². The van der Waals surface area contributed by atoms with Gasteiger partial charge in [0.05, 0.1) is 5.69 Å². The second-order valence-electron chi connectivity index (χ2n) is 6.74. The molecule has 0 radical (unpaired) electrons. The van der Waals surface area contributed by atoms with Crippen molar-refractivity contribution >= 4 is 16.5 Å². The van der Waals surface area contributed by atoms with Crippen LogP contribution in [-0.2, 0) is 6.54 Å². The molecule has 120 valence electrons. The van der Waals surface area contributed by atoms with E-state index >= 15 is 0 Å². The predicted molar refractivity (Wildman–Crippen MR) is 92.3 cm³/mol. The van der Waals surface area contributed by atoms with Crippen molar-refractivity contribution < 1.29 is 0 Å². The molecule has 21 heavy (non-hydrogen) atoms. The van der Waals surface area contributed by atoms with Gasteiger partial charge in [0, 0.05) is 30.6 Å². The van der Waals surface area contributed by atoms with Crippen molar-refractivity contribution in [3.05, 3.63) is 10.6 Å². The van der Waals surface area contributed by atoms with E-state index in [1.165, 1.54) is 28.5 Å². The number of piperidine rings is 1. The lowest BCUT2D eigenvalue weighted by molar-refractivity contribution is 0.258. The van der Waals surface area contributed by atoms with Gasteiger partial charge in [-0.1, -0.05) is 13.8 Å². The standard InChI is InChI=1S/C16H30N4S/c1-12(2)9-17-10-15-13(3)18-16(21-15)20-8-6-7-14(11-20)19(4)5/h12,14,17H,6-11H2,1-5H3. The van der Waals surface area contributed by atoms with Gasteiger partial charge in [0.15, 0.2) is 5.13 Å². The van der Waals surface area contributed by atoms with Crippen LogP contribution in [0.4, 0.5) is 5.13 Å². The highest BCUT2D eigenvalue weighted by Crippen LogP contribution is 2.29. The Balaban J connectivity index is 1.97. The molecule has 1 saturated heterocycles. The van der Waals surface area contributed by atoms with E-state index in [4.69, 9.17) is 4.98 Å². The minimum Gasteiger partial charge on any atom is -0.347 e.